The average molecular weight is 383 g/mol. The first kappa shape index (κ1) is 17.4. The number of carbonyl (C=O) groups is 1. The lowest BCUT2D eigenvalue weighted by Gasteiger charge is -2.21. The van der Waals surface area contributed by atoms with Gasteiger partial charge in [-0.3, -0.25) is 10.1 Å². The Kier molecular flexibility index (Phi) is 5.18. The number of rotatable bonds is 5. The van der Waals surface area contributed by atoms with Crippen LogP contribution < -0.4 is 5.32 Å². The van der Waals surface area contributed by atoms with Crippen molar-refractivity contribution in [3.05, 3.63) is 68.4 Å². The summed E-state index contributed by atoms with van der Waals surface area (Å²) in [6.45, 7) is 2.26. The van der Waals surface area contributed by atoms with Crippen molar-refractivity contribution in [2.45, 2.75) is 39.0 Å². The molecule has 1 unspecified atom stereocenters. The number of thiazole rings is 1. The molecule has 0 radical (unpaired) electrons. The molecule has 5 heteroatoms. The Hall–Kier alpha value is -1.98. The van der Waals surface area contributed by atoms with E-state index in [2.05, 4.69) is 29.4 Å². The van der Waals surface area contributed by atoms with Gasteiger partial charge >= 0.3 is 0 Å². The molecule has 0 fully saturated rings. The third-order valence-electron chi connectivity index (χ3n) is 5.07. The minimum absolute atomic E-state index is 0.0157. The highest BCUT2D eigenvalue weighted by Gasteiger charge is 2.24. The van der Waals surface area contributed by atoms with Crippen LogP contribution in [0.3, 0.4) is 0 Å². The van der Waals surface area contributed by atoms with Crippen molar-refractivity contribution in [3.8, 4) is 0 Å². The maximum Gasteiger partial charge on any atom is 0.258 e. The molecule has 1 aliphatic carbocycles. The third kappa shape index (κ3) is 3.74. The van der Waals surface area contributed by atoms with E-state index in [-0.39, 0.29) is 5.91 Å². The Labute approximate surface area is 162 Å². The monoisotopic (exact) mass is 382 g/mol. The van der Waals surface area contributed by atoms with Crippen LogP contribution in [0, 0.1) is 5.92 Å². The summed E-state index contributed by atoms with van der Waals surface area (Å²) >= 11 is 3.29. The van der Waals surface area contributed by atoms with Gasteiger partial charge < -0.3 is 0 Å². The van der Waals surface area contributed by atoms with E-state index in [0.717, 1.165) is 35.6 Å². The highest BCUT2D eigenvalue weighted by atomic mass is 32.1. The van der Waals surface area contributed by atoms with E-state index in [4.69, 9.17) is 0 Å². The zero-order valence-corrected chi connectivity index (χ0v) is 16.5. The molecule has 1 amide bonds. The maximum atomic E-state index is 12.7. The first-order valence-electron chi connectivity index (χ1n) is 9.12. The van der Waals surface area contributed by atoms with Crippen LogP contribution in [0.5, 0.6) is 0 Å². The molecule has 4 rings (SSSR count). The Bertz CT molecular complexity index is 898. The van der Waals surface area contributed by atoms with Crippen LogP contribution in [-0.2, 0) is 19.3 Å². The lowest BCUT2D eigenvalue weighted by Crippen LogP contribution is -2.17. The Morgan fingerprint density at radius 2 is 2.15 bits per heavy atom. The molecule has 134 valence electrons. The topological polar surface area (TPSA) is 42.0 Å². The highest BCUT2D eigenvalue weighted by Crippen LogP contribution is 2.34. The molecule has 0 spiro atoms. The number of aromatic nitrogens is 1. The summed E-state index contributed by atoms with van der Waals surface area (Å²) in [6, 6.07) is 10.3. The van der Waals surface area contributed by atoms with Gasteiger partial charge in [0.05, 0.1) is 5.56 Å². The largest absolute Gasteiger partial charge is 0.298 e. The normalized spacial score (nSPS) is 16.3. The molecule has 26 heavy (non-hydrogen) atoms. The molecule has 1 atom stereocenters. The number of carbonyl (C=O) groups excluding carboxylic acids is 1. The average Bonchev–Trinajstić information content (AvgIpc) is 3.28. The summed E-state index contributed by atoms with van der Waals surface area (Å²) < 4.78 is 0. The number of nitrogens with one attached hydrogen (secondary N) is 1. The third-order valence-corrected chi connectivity index (χ3v) is 7.04. The van der Waals surface area contributed by atoms with Gasteiger partial charge in [-0.1, -0.05) is 43.7 Å². The van der Waals surface area contributed by atoms with Gasteiger partial charge in [0.25, 0.3) is 5.91 Å². The van der Waals surface area contributed by atoms with Gasteiger partial charge in [0.15, 0.2) is 5.13 Å². The van der Waals surface area contributed by atoms with Crippen LogP contribution in [0.4, 0.5) is 5.13 Å². The van der Waals surface area contributed by atoms with E-state index in [1.807, 2.05) is 29.8 Å². The zero-order chi connectivity index (χ0) is 17.9. The van der Waals surface area contributed by atoms with Crippen LogP contribution >= 0.6 is 22.7 Å². The van der Waals surface area contributed by atoms with Gasteiger partial charge in [-0.15, -0.1) is 22.7 Å². The predicted octanol–water partition coefficient (Wildman–Crippen LogP) is 5.56. The highest BCUT2D eigenvalue weighted by molar-refractivity contribution is 7.15. The van der Waals surface area contributed by atoms with Gasteiger partial charge in [-0.25, -0.2) is 4.98 Å². The number of anilines is 1. The first-order valence-corrected chi connectivity index (χ1v) is 10.8. The summed E-state index contributed by atoms with van der Waals surface area (Å²) in [4.78, 5) is 19.7. The number of thiophene rings is 1. The fraction of sp³-hybridized carbons (Fsp3) is 0.333. The van der Waals surface area contributed by atoms with E-state index in [1.165, 1.54) is 28.8 Å². The first-order chi connectivity index (χ1) is 12.7. The zero-order valence-electron chi connectivity index (χ0n) is 14.8. The number of fused-ring (bicyclic) bond motifs is 1. The predicted molar refractivity (Wildman–Crippen MR) is 109 cm³/mol. The van der Waals surface area contributed by atoms with Crippen molar-refractivity contribution < 1.29 is 4.79 Å². The number of nitrogens with zero attached hydrogens (tertiary/aromatic N) is 1. The van der Waals surface area contributed by atoms with Crippen molar-refractivity contribution in [1.29, 1.82) is 0 Å². The molecule has 1 N–H and O–H groups in total. The lowest BCUT2D eigenvalue weighted by atomic mass is 9.86. The second kappa shape index (κ2) is 7.72. The molecule has 2 aromatic heterocycles. The van der Waals surface area contributed by atoms with E-state index in [0.29, 0.717) is 5.13 Å². The fourth-order valence-electron chi connectivity index (χ4n) is 3.53. The minimum Gasteiger partial charge on any atom is -0.298 e. The van der Waals surface area contributed by atoms with Crippen LogP contribution in [0.1, 0.15) is 51.0 Å². The Morgan fingerprint density at radius 1 is 1.31 bits per heavy atom. The number of hydrogen-bond acceptors (Lipinski definition) is 4. The van der Waals surface area contributed by atoms with Crippen LogP contribution in [0.15, 0.2) is 41.9 Å². The number of hydrogen-bond donors (Lipinski definition) is 1. The second-order valence-corrected chi connectivity index (χ2v) is 8.90. The molecule has 0 bridgehead atoms. The van der Waals surface area contributed by atoms with Crippen molar-refractivity contribution in [2.24, 2.45) is 5.92 Å². The van der Waals surface area contributed by atoms with E-state index in [1.54, 1.807) is 22.7 Å². The quantitative estimate of drug-likeness (QED) is 0.627. The Balaban J connectivity index is 1.44. The van der Waals surface area contributed by atoms with E-state index in [9.17, 15) is 4.79 Å². The molecule has 2 heterocycles. The SMILES string of the molecule is CCC1CCc2c(C(=O)Nc3ncc(Cc4ccccc4)s3)csc2C1. The van der Waals surface area contributed by atoms with Crippen molar-refractivity contribution >= 4 is 33.7 Å². The van der Waals surface area contributed by atoms with E-state index >= 15 is 0 Å². The maximum absolute atomic E-state index is 12.7. The summed E-state index contributed by atoms with van der Waals surface area (Å²) in [5.74, 6) is 0.759. The summed E-state index contributed by atoms with van der Waals surface area (Å²) in [6.07, 6.45) is 7.28. The van der Waals surface area contributed by atoms with Crippen molar-refractivity contribution in [2.75, 3.05) is 5.32 Å². The number of amides is 1. The van der Waals surface area contributed by atoms with Crippen molar-refractivity contribution in [1.82, 2.24) is 4.98 Å². The second-order valence-electron chi connectivity index (χ2n) is 6.82. The van der Waals surface area contributed by atoms with E-state index < -0.39 is 0 Å². The molecule has 1 aromatic carbocycles. The summed E-state index contributed by atoms with van der Waals surface area (Å²) in [7, 11) is 0. The molecule has 3 nitrogen and oxygen atoms in total. The summed E-state index contributed by atoms with van der Waals surface area (Å²) in [5, 5.41) is 5.71. The van der Waals surface area contributed by atoms with Gasteiger partial charge in [-0.05, 0) is 36.3 Å². The molecular formula is C21H22N2OS2. The van der Waals surface area contributed by atoms with Gasteiger partial charge in [-0.2, -0.15) is 0 Å². The van der Waals surface area contributed by atoms with Gasteiger partial charge in [0.1, 0.15) is 0 Å². The molecular weight excluding hydrogens is 360 g/mol. The van der Waals surface area contributed by atoms with Gasteiger partial charge in [0.2, 0.25) is 0 Å². The van der Waals surface area contributed by atoms with Crippen molar-refractivity contribution in [3.63, 3.8) is 0 Å². The molecule has 0 aliphatic heterocycles. The van der Waals surface area contributed by atoms with Crippen LogP contribution in [-0.4, -0.2) is 10.9 Å². The number of benzene rings is 1. The molecule has 0 saturated carbocycles. The molecule has 0 saturated heterocycles. The fourth-order valence-corrected chi connectivity index (χ4v) is 5.57. The van der Waals surface area contributed by atoms with Crippen LogP contribution in [0.25, 0.3) is 0 Å². The summed E-state index contributed by atoms with van der Waals surface area (Å²) in [5.41, 5.74) is 3.36. The lowest BCUT2D eigenvalue weighted by molar-refractivity contribution is 0.102. The molecule has 3 aromatic rings. The standard InChI is InChI=1S/C21H22N2OS2/c1-2-14-8-9-17-18(13-25-19(17)11-14)20(24)23-21-22-12-16(26-21)10-15-6-4-3-5-7-15/h3-7,12-14H,2,8-11H2,1H3,(H,22,23,24). The van der Waals surface area contributed by atoms with Gasteiger partial charge in [0, 0.05) is 27.8 Å². The smallest absolute Gasteiger partial charge is 0.258 e. The Morgan fingerprint density at radius 3 is 2.96 bits per heavy atom. The van der Waals surface area contributed by atoms with Crippen LogP contribution in [0.2, 0.25) is 0 Å². The molecule has 1 aliphatic rings. The minimum atomic E-state index is -0.0157.